The number of ether oxygens (including phenoxy) is 2. The fourth-order valence-electron chi connectivity index (χ4n) is 1.24. The lowest BCUT2D eigenvalue weighted by molar-refractivity contribution is -0.0471. The number of hydrogen-bond acceptors (Lipinski definition) is 2. The van der Waals surface area contributed by atoms with Gasteiger partial charge in [0.1, 0.15) is 14.7 Å². The lowest BCUT2D eigenvalue weighted by Gasteiger charge is -2.20. The molecule has 0 aromatic heterocycles. The standard InChI is InChI=1S/C8H19O2Si/c1-7(2)6-11(5)8(9-3)10-4/h7-8H,6H2,1-5H3. The summed E-state index contributed by atoms with van der Waals surface area (Å²) < 4.78 is 10.4. The summed E-state index contributed by atoms with van der Waals surface area (Å²) in [5, 5.41) is 0. The highest BCUT2D eigenvalue weighted by molar-refractivity contribution is 6.58. The van der Waals surface area contributed by atoms with Crippen molar-refractivity contribution >= 4 is 8.80 Å². The van der Waals surface area contributed by atoms with Crippen LogP contribution in [-0.2, 0) is 9.47 Å². The van der Waals surface area contributed by atoms with Gasteiger partial charge in [0.05, 0.1) is 0 Å². The van der Waals surface area contributed by atoms with Crippen LogP contribution in [0.15, 0.2) is 0 Å². The van der Waals surface area contributed by atoms with Crippen LogP contribution in [0, 0.1) is 5.92 Å². The van der Waals surface area contributed by atoms with E-state index in [-0.39, 0.29) is 5.91 Å². The summed E-state index contributed by atoms with van der Waals surface area (Å²) in [5.41, 5.74) is 0. The molecule has 0 amide bonds. The predicted molar refractivity (Wildman–Crippen MR) is 49.1 cm³/mol. The fraction of sp³-hybridized carbons (Fsp3) is 1.00. The largest absolute Gasteiger partial charge is 0.360 e. The number of hydrogen-bond donors (Lipinski definition) is 0. The second-order valence-electron chi connectivity index (χ2n) is 3.25. The van der Waals surface area contributed by atoms with Crippen molar-refractivity contribution in [3.05, 3.63) is 0 Å². The minimum absolute atomic E-state index is 0.0578. The van der Waals surface area contributed by atoms with Crippen LogP contribution in [0.1, 0.15) is 13.8 Å². The van der Waals surface area contributed by atoms with Gasteiger partial charge in [0.2, 0.25) is 0 Å². The molecule has 0 heterocycles. The monoisotopic (exact) mass is 175 g/mol. The molecule has 0 N–H and O–H groups in total. The molecule has 0 aliphatic heterocycles. The molecule has 0 spiro atoms. The van der Waals surface area contributed by atoms with Gasteiger partial charge in [-0.1, -0.05) is 26.4 Å². The first-order valence-electron chi connectivity index (χ1n) is 3.99. The fourth-order valence-corrected chi connectivity index (χ4v) is 3.52. The molecular formula is C8H19O2Si. The Morgan fingerprint density at radius 1 is 1.18 bits per heavy atom. The van der Waals surface area contributed by atoms with Crippen molar-refractivity contribution in [3.8, 4) is 0 Å². The number of rotatable bonds is 5. The highest BCUT2D eigenvalue weighted by Crippen LogP contribution is 2.10. The summed E-state index contributed by atoms with van der Waals surface area (Å²) in [6, 6.07) is 1.25. The maximum atomic E-state index is 5.19. The normalized spacial score (nSPS) is 12.0. The summed E-state index contributed by atoms with van der Waals surface area (Å²) in [5.74, 6) is 0.809. The zero-order valence-corrected chi connectivity index (χ0v) is 9.18. The van der Waals surface area contributed by atoms with Gasteiger partial charge in [-0.05, 0) is 5.92 Å². The molecule has 2 nitrogen and oxygen atoms in total. The van der Waals surface area contributed by atoms with Gasteiger partial charge >= 0.3 is 0 Å². The van der Waals surface area contributed by atoms with E-state index < -0.39 is 8.80 Å². The zero-order valence-electron chi connectivity index (χ0n) is 8.18. The highest BCUT2D eigenvalue weighted by atomic mass is 28.3. The maximum absolute atomic E-state index is 5.19. The van der Waals surface area contributed by atoms with Crippen LogP contribution < -0.4 is 0 Å². The summed E-state index contributed by atoms with van der Waals surface area (Å²) >= 11 is 0. The van der Waals surface area contributed by atoms with Crippen molar-refractivity contribution in [3.63, 3.8) is 0 Å². The van der Waals surface area contributed by atoms with Gasteiger partial charge in [-0.2, -0.15) is 0 Å². The smallest absolute Gasteiger partial charge is 0.138 e. The second kappa shape index (κ2) is 5.74. The first-order valence-corrected chi connectivity index (χ1v) is 6.28. The maximum Gasteiger partial charge on any atom is 0.138 e. The molecule has 0 aromatic carbocycles. The van der Waals surface area contributed by atoms with Crippen molar-refractivity contribution in [1.29, 1.82) is 0 Å². The van der Waals surface area contributed by atoms with Crippen molar-refractivity contribution in [2.75, 3.05) is 14.2 Å². The molecule has 0 saturated carbocycles. The molecule has 0 saturated heterocycles. The van der Waals surface area contributed by atoms with Gasteiger partial charge in [-0.3, -0.25) is 0 Å². The lowest BCUT2D eigenvalue weighted by Crippen LogP contribution is -2.32. The molecule has 67 valence electrons. The second-order valence-corrected chi connectivity index (χ2v) is 5.82. The Balaban J connectivity index is 3.68. The van der Waals surface area contributed by atoms with E-state index in [4.69, 9.17) is 9.47 Å². The van der Waals surface area contributed by atoms with E-state index in [9.17, 15) is 0 Å². The van der Waals surface area contributed by atoms with Crippen molar-refractivity contribution < 1.29 is 9.47 Å². The molecule has 0 aromatic rings. The molecular weight excluding hydrogens is 156 g/mol. The summed E-state index contributed by atoms with van der Waals surface area (Å²) in [7, 11) is 2.95. The molecule has 0 fully saturated rings. The molecule has 0 rings (SSSR count). The van der Waals surface area contributed by atoms with Gasteiger partial charge < -0.3 is 9.47 Å². The van der Waals surface area contributed by atoms with Gasteiger partial charge in [-0.25, -0.2) is 0 Å². The first kappa shape index (κ1) is 11.1. The summed E-state index contributed by atoms with van der Waals surface area (Å²) in [4.78, 5) is 0. The minimum atomic E-state index is -0.474. The van der Waals surface area contributed by atoms with Crippen LogP contribution in [0.4, 0.5) is 0 Å². The van der Waals surface area contributed by atoms with E-state index in [0.717, 1.165) is 5.92 Å². The third kappa shape index (κ3) is 4.56. The van der Waals surface area contributed by atoms with E-state index in [1.165, 1.54) is 6.04 Å². The van der Waals surface area contributed by atoms with E-state index in [1.54, 1.807) is 14.2 Å². The van der Waals surface area contributed by atoms with Gasteiger partial charge in [0.25, 0.3) is 0 Å². The van der Waals surface area contributed by atoms with Crippen molar-refractivity contribution in [2.45, 2.75) is 32.4 Å². The number of methoxy groups -OCH3 is 2. The molecule has 3 heteroatoms. The third-order valence-electron chi connectivity index (χ3n) is 1.56. The topological polar surface area (TPSA) is 18.5 Å². The quantitative estimate of drug-likeness (QED) is 0.469. The Kier molecular flexibility index (Phi) is 5.82. The van der Waals surface area contributed by atoms with Crippen LogP contribution in [0.2, 0.25) is 12.6 Å². The third-order valence-corrected chi connectivity index (χ3v) is 4.30. The van der Waals surface area contributed by atoms with Gasteiger partial charge in [0.15, 0.2) is 0 Å². The van der Waals surface area contributed by atoms with Gasteiger partial charge in [0, 0.05) is 14.2 Å². The van der Waals surface area contributed by atoms with E-state index in [0.29, 0.717) is 0 Å². The van der Waals surface area contributed by atoms with Gasteiger partial charge in [-0.15, -0.1) is 0 Å². The van der Waals surface area contributed by atoms with E-state index in [1.807, 2.05) is 0 Å². The lowest BCUT2D eigenvalue weighted by atomic mass is 10.3. The minimum Gasteiger partial charge on any atom is -0.360 e. The SMILES string of the molecule is COC(OC)[Si](C)CC(C)C. The molecule has 0 aliphatic carbocycles. The van der Waals surface area contributed by atoms with E-state index >= 15 is 0 Å². The molecule has 11 heavy (non-hydrogen) atoms. The average molecular weight is 175 g/mol. The first-order chi connectivity index (χ1) is 5.11. The Bertz CT molecular complexity index is 92.1. The molecule has 0 atom stereocenters. The predicted octanol–water partition coefficient (Wildman–Crippen LogP) is 1.93. The Morgan fingerprint density at radius 3 is 1.91 bits per heavy atom. The van der Waals surface area contributed by atoms with Crippen LogP contribution in [-0.4, -0.2) is 28.9 Å². The summed E-state index contributed by atoms with van der Waals surface area (Å²) in [6.45, 7) is 6.72. The van der Waals surface area contributed by atoms with Crippen molar-refractivity contribution in [2.24, 2.45) is 5.92 Å². The molecule has 0 unspecified atom stereocenters. The molecule has 0 aliphatic rings. The Labute approximate surface area is 71.5 Å². The van der Waals surface area contributed by atoms with Crippen LogP contribution >= 0.6 is 0 Å². The van der Waals surface area contributed by atoms with Crippen molar-refractivity contribution in [1.82, 2.24) is 0 Å². The Morgan fingerprint density at radius 2 is 1.64 bits per heavy atom. The highest BCUT2D eigenvalue weighted by Gasteiger charge is 2.18. The van der Waals surface area contributed by atoms with Crippen LogP contribution in [0.25, 0.3) is 0 Å². The van der Waals surface area contributed by atoms with Crippen LogP contribution in [0.5, 0.6) is 0 Å². The molecule has 1 radical (unpaired) electrons. The molecule has 0 bridgehead atoms. The Hall–Kier alpha value is 0.137. The van der Waals surface area contributed by atoms with Crippen LogP contribution in [0.3, 0.4) is 0 Å². The average Bonchev–Trinajstić information content (AvgIpc) is 1.88. The zero-order chi connectivity index (χ0) is 8.85. The summed E-state index contributed by atoms with van der Waals surface area (Å²) in [6.07, 6.45) is 0. The van der Waals surface area contributed by atoms with E-state index in [2.05, 4.69) is 20.4 Å².